The molecule has 0 fully saturated rings. The van der Waals surface area contributed by atoms with Crippen LogP contribution >= 0.6 is 27.3 Å². The number of aryl methyl sites for hydroxylation is 1. The Hall–Kier alpha value is -2.19. The molecule has 0 saturated carbocycles. The molecule has 0 aliphatic carbocycles. The molecule has 0 atom stereocenters. The molecule has 22 heavy (non-hydrogen) atoms. The molecule has 0 aliphatic heterocycles. The normalized spacial score (nSPS) is 10.6. The van der Waals surface area contributed by atoms with Crippen LogP contribution in [0.25, 0.3) is 11.5 Å². The highest BCUT2D eigenvalue weighted by molar-refractivity contribution is 9.10. The third kappa shape index (κ3) is 3.18. The fourth-order valence-corrected chi connectivity index (χ4v) is 2.94. The maximum Gasteiger partial charge on any atom is 0.187 e. The molecule has 3 aromatic rings. The van der Waals surface area contributed by atoms with Gasteiger partial charge in [0.1, 0.15) is 17.3 Å². The van der Waals surface area contributed by atoms with E-state index >= 15 is 0 Å². The number of halogens is 1. The van der Waals surface area contributed by atoms with Gasteiger partial charge in [-0.25, -0.2) is 15.0 Å². The standard InChI is InChI=1S/C14H13BrN6S/c1-7-2-3-8(15)4-9(7)18-14-19-10(6-22-14)13-20-11(16)5-12(17)21-13/h2-6H,1H3,(H,18,19)(H4,16,17,20,21). The Morgan fingerprint density at radius 2 is 1.82 bits per heavy atom. The molecule has 0 saturated heterocycles. The Labute approximate surface area is 139 Å². The van der Waals surface area contributed by atoms with Crippen LogP contribution in [0.4, 0.5) is 22.5 Å². The third-order valence-corrected chi connectivity index (χ3v) is 4.19. The third-order valence-electron chi connectivity index (χ3n) is 2.94. The van der Waals surface area contributed by atoms with Crippen molar-refractivity contribution in [3.05, 3.63) is 39.7 Å². The molecule has 0 aliphatic rings. The predicted octanol–water partition coefficient (Wildman–Crippen LogP) is 3.58. The first-order chi connectivity index (χ1) is 10.5. The minimum Gasteiger partial charge on any atom is -0.384 e. The van der Waals surface area contributed by atoms with Gasteiger partial charge in [0.05, 0.1) is 0 Å². The van der Waals surface area contributed by atoms with Gasteiger partial charge in [-0.2, -0.15) is 0 Å². The summed E-state index contributed by atoms with van der Waals surface area (Å²) in [5.74, 6) is 1.08. The summed E-state index contributed by atoms with van der Waals surface area (Å²) in [5, 5.41) is 5.91. The number of nitrogens with one attached hydrogen (secondary N) is 1. The van der Waals surface area contributed by atoms with E-state index in [9.17, 15) is 0 Å². The van der Waals surface area contributed by atoms with E-state index in [4.69, 9.17) is 11.5 Å². The second kappa shape index (κ2) is 5.90. The first kappa shape index (κ1) is 14.7. The summed E-state index contributed by atoms with van der Waals surface area (Å²) >= 11 is 4.93. The van der Waals surface area contributed by atoms with Gasteiger partial charge in [-0.1, -0.05) is 22.0 Å². The molecule has 112 valence electrons. The van der Waals surface area contributed by atoms with E-state index < -0.39 is 0 Å². The monoisotopic (exact) mass is 376 g/mol. The van der Waals surface area contributed by atoms with Gasteiger partial charge in [-0.15, -0.1) is 11.3 Å². The molecule has 8 heteroatoms. The Balaban J connectivity index is 1.89. The average Bonchev–Trinajstić information content (AvgIpc) is 2.90. The van der Waals surface area contributed by atoms with Gasteiger partial charge in [-0.05, 0) is 24.6 Å². The lowest BCUT2D eigenvalue weighted by atomic mass is 10.2. The lowest BCUT2D eigenvalue weighted by molar-refractivity contribution is 1.17. The lowest BCUT2D eigenvalue weighted by Crippen LogP contribution is -2.00. The molecule has 6 nitrogen and oxygen atoms in total. The number of nitrogen functional groups attached to an aromatic ring is 2. The van der Waals surface area contributed by atoms with E-state index in [0.29, 0.717) is 23.2 Å². The Morgan fingerprint density at radius 1 is 1.09 bits per heavy atom. The van der Waals surface area contributed by atoms with Gasteiger partial charge in [0, 0.05) is 21.6 Å². The Kier molecular flexibility index (Phi) is 3.95. The molecule has 2 aromatic heterocycles. The second-order valence-corrected chi connectivity index (χ2v) is 6.44. The van der Waals surface area contributed by atoms with Crippen LogP contribution in [0.15, 0.2) is 34.1 Å². The molecule has 2 heterocycles. The number of hydrogen-bond donors (Lipinski definition) is 3. The second-order valence-electron chi connectivity index (χ2n) is 4.66. The van der Waals surface area contributed by atoms with Gasteiger partial charge >= 0.3 is 0 Å². The molecule has 0 spiro atoms. The molecule has 0 bridgehead atoms. The summed E-state index contributed by atoms with van der Waals surface area (Å²) in [7, 11) is 0. The van der Waals surface area contributed by atoms with Crippen molar-refractivity contribution in [3.63, 3.8) is 0 Å². The average molecular weight is 377 g/mol. The van der Waals surface area contributed by atoms with Gasteiger partial charge in [-0.3, -0.25) is 0 Å². The summed E-state index contributed by atoms with van der Waals surface area (Å²) in [4.78, 5) is 12.8. The fourth-order valence-electron chi connectivity index (χ4n) is 1.88. The van der Waals surface area contributed by atoms with Crippen molar-refractivity contribution in [1.82, 2.24) is 15.0 Å². The first-order valence-corrected chi connectivity index (χ1v) is 8.07. The van der Waals surface area contributed by atoms with Crippen molar-refractivity contribution >= 4 is 49.7 Å². The van der Waals surface area contributed by atoms with Crippen LogP contribution in [0, 0.1) is 6.92 Å². The van der Waals surface area contributed by atoms with E-state index in [1.165, 1.54) is 17.4 Å². The maximum atomic E-state index is 5.69. The fraction of sp³-hybridized carbons (Fsp3) is 0.0714. The van der Waals surface area contributed by atoms with Crippen LogP contribution in [-0.4, -0.2) is 15.0 Å². The maximum absolute atomic E-state index is 5.69. The highest BCUT2D eigenvalue weighted by Gasteiger charge is 2.10. The molecule has 0 radical (unpaired) electrons. The smallest absolute Gasteiger partial charge is 0.187 e. The van der Waals surface area contributed by atoms with Crippen molar-refractivity contribution in [2.24, 2.45) is 0 Å². The van der Waals surface area contributed by atoms with Crippen LogP contribution in [0.5, 0.6) is 0 Å². The largest absolute Gasteiger partial charge is 0.384 e. The molecule has 1 aromatic carbocycles. The minimum absolute atomic E-state index is 0.327. The van der Waals surface area contributed by atoms with Crippen molar-refractivity contribution in [1.29, 1.82) is 0 Å². The lowest BCUT2D eigenvalue weighted by Gasteiger charge is -2.06. The zero-order valence-corrected chi connectivity index (χ0v) is 14.1. The van der Waals surface area contributed by atoms with Crippen molar-refractivity contribution in [2.75, 3.05) is 16.8 Å². The van der Waals surface area contributed by atoms with Crippen LogP contribution in [0.3, 0.4) is 0 Å². The van der Waals surface area contributed by atoms with Crippen molar-refractivity contribution < 1.29 is 0 Å². The molecular weight excluding hydrogens is 364 g/mol. The van der Waals surface area contributed by atoms with Gasteiger partial charge in [0.25, 0.3) is 0 Å². The molecule has 0 amide bonds. The van der Waals surface area contributed by atoms with Crippen molar-refractivity contribution in [3.8, 4) is 11.5 Å². The molecule has 5 N–H and O–H groups in total. The summed E-state index contributed by atoms with van der Waals surface area (Å²) < 4.78 is 1.00. The van der Waals surface area contributed by atoms with E-state index in [1.807, 2.05) is 30.5 Å². The quantitative estimate of drug-likeness (QED) is 0.645. The Morgan fingerprint density at radius 3 is 2.55 bits per heavy atom. The van der Waals surface area contributed by atoms with E-state index in [-0.39, 0.29) is 0 Å². The first-order valence-electron chi connectivity index (χ1n) is 6.40. The summed E-state index contributed by atoms with van der Waals surface area (Å²) in [6, 6.07) is 7.55. The molecule has 3 rings (SSSR count). The van der Waals surface area contributed by atoms with Crippen LogP contribution in [0.1, 0.15) is 5.56 Å². The van der Waals surface area contributed by atoms with Gasteiger partial charge in [0.15, 0.2) is 11.0 Å². The number of aromatic nitrogens is 3. The predicted molar refractivity (Wildman–Crippen MR) is 94.1 cm³/mol. The summed E-state index contributed by atoms with van der Waals surface area (Å²) in [6.45, 7) is 2.03. The van der Waals surface area contributed by atoms with Gasteiger partial charge in [0.2, 0.25) is 0 Å². The number of thiazole rings is 1. The van der Waals surface area contributed by atoms with Crippen LogP contribution in [0.2, 0.25) is 0 Å². The Bertz CT molecular complexity index is 812. The topological polar surface area (TPSA) is 103 Å². The zero-order valence-electron chi connectivity index (χ0n) is 11.7. The van der Waals surface area contributed by atoms with Crippen molar-refractivity contribution in [2.45, 2.75) is 6.92 Å². The summed E-state index contributed by atoms with van der Waals surface area (Å²) in [5.41, 5.74) is 14.1. The number of nitrogens with zero attached hydrogens (tertiary/aromatic N) is 3. The summed E-state index contributed by atoms with van der Waals surface area (Å²) in [6.07, 6.45) is 0. The molecular formula is C14H13BrN6S. The van der Waals surface area contributed by atoms with Gasteiger partial charge < -0.3 is 16.8 Å². The SMILES string of the molecule is Cc1ccc(Br)cc1Nc1nc(-c2nc(N)cc(N)n2)cs1. The van der Waals surface area contributed by atoms with Crippen LogP contribution < -0.4 is 16.8 Å². The number of rotatable bonds is 3. The number of anilines is 4. The molecule has 0 unspecified atom stereocenters. The minimum atomic E-state index is 0.327. The van der Waals surface area contributed by atoms with Crippen LogP contribution in [-0.2, 0) is 0 Å². The number of benzene rings is 1. The van der Waals surface area contributed by atoms with E-state index in [0.717, 1.165) is 20.9 Å². The number of hydrogen-bond acceptors (Lipinski definition) is 7. The van der Waals surface area contributed by atoms with E-state index in [2.05, 4.69) is 36.2 Å². The van der Waals surface area contributed by atoms with E-state index in [1.54, 1.807) is 0 Å². The zero-order chi connectivity index (χ0) is 15.7. The number of nitrogens with two attached hydrogens (primary N) is 2. The highest BCUT2D eigenvalue weighted by atomic mass is 79.9. The highest BCUT2D eigenvalue weighted by Crippen LogP contribution is 2.29.